The lowest BCUT2D eigenvalue weighted by molar-refractivity contribution is -0.118. The highest BCUT2D eigenvalue weighted by atomic mass is 16.5. The van der Waals surface area contributed by atoms with Crippen molar-refractivity contribution >= 4 is 11.7 Å². The normalized spacial score (nSPS) is 18.8. The van der Waals surface area contributed by atoms with Crippen LogP contribution in [0.4, 0.5) is 5.95 Å². The molecule has 0 radical (unpaired) electrons. The highest BCUT2D eigenvalue weighted by Gasteiger charge is 2.41. The molecule has 7 nitrogen and oxygen atoms in total. The third-order valence-corrected chi connectivity index (χ3v) is 6.99. The molecule has 0 spiro atoms. The van der Waals surface area contributed by atoms with Gasteiger partial charge in [-0.2, -0.15) is 10.1 Å². The molecule has 36 heavy (non-hydrogen) atoms. The number of methoxy groups -OCH3 is 1. The Balaban J connectivity index is 1.44. The van der Waals surface area contributed by atoms with Crippen molar-refractivity contribution in [1.82, 2.24) is 14.8 Å². The highest BCUT2D eigenvalue weighted by molar-refractivity contribution is 6.00. The van der Waals surface area contributed by atoms with Crippen molar-refractivity contribution < 1.29 is 14.3 Å². The summed E-state index contributed by atoms with van der Waals surface area (Å²) in [5, 5.41) is 7.79. The number of allylic oxidation sites excluding steroid dienone is 2. The van der Waals surface area contributed by atoms with Crippen molar-refractivity contribution in [1.29, 1.82) is 0 Å². The smallest absolute Gasteiger partial charge is 0.226 e. The van der Waals surface area contributed by atoms with E-state index in [0.29, 0.717) is 30.5 Å². The second kappa shape index (κ2) is 8.80. The maximum atomic E-state index is 13.3. The Bertz CT molecular complexity index is 1330. The number of aromatic nitrogens is 3. The van der Waals surface area contributed by atoms with Crippen LogP contribution >= 0.6 is 0 Å². The first-order valence-electron chi connectivity index (χ1n) is 12.4. The molecule has 0 bridgehead atoms. The Morgan fingerprint density at radius 3 is 2.53 bits per heavy atom. The second-order valence-corrected chi connectivity index (χ2v) is 11.5. The second-order valence-electron chi connectivity index (χ2n) is 11.5. The Morgan fingerprint density at radius 2 is 1.83 bits per heavy atom. The number of rotatable bonds is 5. The maximum Gasteiger partial charge on any atom is 0.226 e. The van der Waals surface area contributed by atoms with Crippen LogP contribution in [0.3, 0.4) is 0 Å². The largest absolute Gasteiger partial charge is 0.493 e. The van der Waals surface area contributed by atoms with Crippen molar-refractivity contribution in [3.05, 3.63) is 76.8 Å². The minimum Gasteiger partial charge on any atom is -0.493 e. The number of fused-ring (bicyclic) bond motifs is 1. The summed E-state index contributed by atoms with van der Waals surface area (Å²) in [6, 6.07) is 14.0. The number of benzene rings is 2. The molecule has 3 aromatic rings. The van der Waals surface area contributed by atoms with Crippen molar-refractivity contribution in [2.45, 2.75) is 65.5 Å². The first-order chi connectivity index (χ1) is 17.1. The highest BCUT2D eigenvalue weighted by Crippen LogP contribution is 2.46. The van der Waals surface area contributed by atoms with Gasteiger partial charge in [-0.3, -0.25) is 4.79 Å². The van der Waals surface area contributed by atoms with E-state index in [2.05, 4.69) is 74.3 Å². The Morgan fingerprint density at radius 1 is 1.08 bits per heavy atom. The third kappa shape index (κ3) is 4.50. The Labute approximate surface area is 212 Å². The molecule has 0 saturated carbocycles. The molecule has 1 atom stereocenters. The van der Waals surface area contributed by atoms with Gasteiger partial charge in [0.25, 0.3) is 0 Å². The van der Waals surface area contributed by atoms with Gasteiger partial charge in [-0.1, -0.05) is 65.0 Å². The molecule has 188 valence electrons. The standard InChI is InChI=1S/C29H34N4O3/c1-28(2,3)20-10-7-18(8-11-20)16-36-23-12-9-19(13-24(23)35-6)26-25-21(14-29(4,5)15-22(25)34)32-27-30-17-31-33(26)27/h7-13,17,26H,14-16H2,1-6H3,(H,30,31,32)/t26-/m1/s1. The SMILES string of the molecule is COc1cc([C@@H]2C3=C(CC(C)(C)CC3=O)Nc3ncnn32)ccc1OCc1ccc(C(C)(C)C)cc1. The van der Waals surface area contributed by atoms with Crippen molar-refractivity contribution in [3.63, 3.8) is 0 Å². The van der Waals surface area contributed by atoms with Gasteiger partial charge in [0.2, 0.25) is 5.95 Å². The molecule has 2 aliphatic rings. The van der Waals surface area contributed by atoms with E-state index < -0.39 is 0 Å². The fourth-order valence-corrected chi connectivity index (χ4v) is 5.09. The first-order valence-corrected chi connectivity index (χ1v) is 12.4. The number of hydrogen-bond acceptors (Lipinski definition) is 6. The number of carbonyl (C=O) groups excluding carboxylic acids is 1. The van der Waals surface area contributed by atoms with Gasteiger partial charge in [-0.15, -0.1) is 0 Å². The topological polar surface area (TPSA) is 78.3 Å². The Kier molecular flexibility index (Phi) is 5.89. The predicted octanol–water partition coefficient (Wildman–Crippen LogP) is 5.82. The minimum atomic E-state index is -0.366. The van der Waals surface area contributed by atoms with Crippen LogP contribution in [0.15, 0.2) is 60.1 Å². The average molecular weight is 487 g/mol. The van der Waals surface area contributed by atoms with Crippen LogP contribution in [0.5, 0.6) is 11.5 Å². The minimum absolute atomic E-state index is 0.101. The zero-order chi connectivity index (χ0) is 25.7. The Hall–Kier alpha value is -3.61. The summed E-state index contributed by atoms with van der Waals surface area (Å²) >= 11 is 0. The van der Waals surface area contributed by atoms with E-state index in [-0.39, 0.29) is 22.7 Å². The third-order valence-electron chi connectivity index (χ3n) is 6.99. The number of carbonyl (C=O) groups is 1. The lowest BCUT2D eigenvalue weighted by Gasteiger charge is -2.38. The summed E-state index contributed by atoms with van der Waals surface area (Å²) in [6.07, 6.45) is 2.80. The van der Waals surface area contributed by atoms with Crippen LogP contribution in [-0.2, 0) is 16.8 Å². The summed E-state index contributed by atoms with van der Waals surface area (Å²) in [5.74, 6) is 2.05. The molecule has 2 heterocycles. The fraction of sp³-hybridized carbons (Fsp3) is 0.414. The maximum absolute atomic E-state index is 13.3. The lowest BCUT2D eigenvalue weighted by atomic mass is 9.73. The van der Waals surface area contributed by atoms with Crippen LogP contribution in [0.2, 0.25) is 0 Å². The molecular formula is C29H34N4O3. The zero-order valence-electron chi connectivity index (χ0n) is 21.9. The van der Waals surface area contributed by atoms with Crippen molar-refractivity contribution in [3.8, 4) is 11.5 Å². The number of ketones is 1. The van der Waals surface area contributed by atoms with E-state index in [1.54, 1.807) is 11.8 Å². The molecule has 0 amide bonds. The lowest BCUT2D eigenvalue weighted by Crippen LogP contribution is -2.36. The number of nitrogens with one attached hydrogen (secondary N) is 1. The van der Waals surface area contributed by atoms with Gasteiger partial charge in [0, 0.05) is 17.7 Å². The summed E-state index contributed by atoms with van der Waals surface area (Å²) in [7, 11) is 1.63. The number of ether oxygens (including phenoxy) is 2. The van der Waals surface area contributed by atoms with Crippen LogP contribution in [0.1, 0.15) is 70.2 Å². The van der Waals surface area contributed by atoms with Crippen molar-refractivity contribution in [2.24, 2.45) is 5.41 Å². The molecule has 0 saturated heterocycles. The van der Waals surface area contributed by atoms with E-state index in [0.717, 1.165) is 28.8 Å². The van der Waals surface area contributed by atoms with Crippen LogP contribution in [-0.4, -0.2) is 27.7 Å². The van der Waals surface area contributed by atoms with Crippen molar-refractivity contribution in [2.75, 3.05) is 12.4 Å². The van der Waals surface area contributed by atoms with E-state index in [9.17, 15) is 4.79 Å². The van der Waals surface area contributed by atoms with Gasteiger partial charge in [-0.25, -0.2) is 4.68 Å². The fourth-order valence-electron chi connectivity index (χ4n) is 5.09. The molecule has 0 fully saturated rings. The molecule has 1 N–H and O–H groups in total. The first kappa shape index (κ1) is 24.1. The van der Waals surface area contributed by atoms with Gasteiger partial charge in [-0.05, 0) is 46.1 Å². The molecule has 2 aromatic carbocycles. The monoisotopic (exact) mass is 486 g/mol. The average Bonchev–Trinajstić information content (AvgIpc) is 3.28. The van der Waals surface area contributed by atoms with Crippen LogP contribution < -0.4 is 14.8 Å². The van der Waals surface area contributed by atoms with Gasteiger partial charge >= 0.3 is 0 Å². The van der Waals surface area contributed by atoms with Gasteiger partial charge in [0.15, 0.2) is 17.3 Å². The number of hydrogen-bond donors (Lipinski definition) is 1. The quantitative estimate of drug-likeness (QED) is 0.490. The molecular weight excluding hydrogens is 452 g/mol. The van der Waals surface area contributed by atoms with E-state index in [1.165, 1.54) is 11.9 Å². The molecule has 1 aliphatic carbocycles. The van der Waals surface area contributed by atoms with Crippen LogP contribution in [0.25, 0.3) is 0 Å². The number of Topliss-reactive ketones (excluding diaryl/α,β-unsaturated/α-hetero) is 1. The van der Waals surface area contributed by atoms with Crippen LogP contribution in [0, 0.1) is 5.41 Å². The van der Waals surface area contributed by atoms with E-state index in [4.69, 9.17) is 9.47 Å². The van der Waals surface area contributed by atoms with Gasteiger partial charge in [0.05, 0.1) is 7.11 Å². The van der Waals surface area contributed by atoms with Gasteiger partial charge in [0.1, 0.15) is 19.0 Å². The van der Waals surface area contributed by atoms with Gasteiger partial charge < -0.3 is 14.8 Å². The number of nitrogens with zero attached hydrogens (tertiary/aromatic N) is 3. The number of anilines is 1. The molecule has 0 unspecified atom stereocenters. The molecule has 5 rings (SSSR count). The zero-order valence-corrected chi connectivity index (χ0v) is 21.9. The molecule has 1 aromatic heterocycles. The summed E-state index contributed by atoms with van der Waals surface area (Å²) in [4.78, 5) is 17.7. The molecule has 1 aliphatic heterocycles. The molecule has 7 heteroatoms. The summed E-state index contributed by atoms with van der Waals surface area (Å²) in [5.41, 5.74) is 4.98. The summed E-state index contributed by atoms with van der Waals surface area (Å²) in [6.45, 7) is 11.3. The van der Waals surface area contributed by atoms with E-state index in [1.807, 2.05) is 18.2 Å². The summed E-state index contributed by atoms with van der Waals surface area (Å²) < 4.78 is 13.6. The predicted molar refractivity (Wildman–Crippen MR) is 139 cm³/mol. The van der Waals surface area contributed by atoms with E-state index >= 15 is 0 Å².